The fourth-order valence-corrected chi connectivity index (χ4v) is 5.81. The normalized spacial score (nSPS) is 13.9. The van der Waals surface area contributed by atoms with E-state index in [0.717, 1.165) is 33.0 Å². The lowest BCUT2D eigenvalue weighted by molar-refractivity contribution is -0.127. The van der Waals surface area contributed by atoms with Gasteiger partial charge in [0.2, 0.25) is 5.91 Å². The third-order valence-electron chi connectivity index (χ3n) is 6.54. The molecule has 4 aromatic rings. The number of halogens is 1. The van der Waals surface area contributed by atoms with E-state index in [1.165, 1.54) is 0 Å². The third-order valence-corrected chi connectivity index (χ3v) is 8.13. The first-order valence-corrected chi connectivity index (χ1v) is 15.3. The summed E-state index contributed by atoms with van der Waals surface area (Å²) >= 11 is 4.36. The van der Waals surface area contributed by atoms with Crippen molar-refractivity contribution in [3.63, 3.8) is 0 Å². The predicted octanol–water partition coefficient (Wildman–Crippen LogP) is 7.65. The fraction of sp³-hybridized carbons (Fsp3) is 0.182. The molecule has 5 rings (SSSR count). The van der Waals surface area contributed by atoms with E-state index < -0.39 is 23.6 Å². The number of hydrogen-bond acceptors (Lipinski definition) is 7. The van der Waals surface area contributed by atoms with E-state index >= 15 is 0 Å². The quantitative estimate of drug-likeness (QED) is 0.165. The standard InChI is InChI=1S/C33H29BrN2O6S/c1-3-40-25-14-12-24(13-15-25)35-31(37)19-36-32(38)30(43-33(36)39)17-23-16-28(41-4-2)29(18-27(23)34)42-20-22-10-7-9-21-8-5-6-11-26(21)22/h5-18H,3-4,19-20H2,1-2H3,(H,35,37)/b30-17+. The fourth-order valence-electron chi connectivity index (χ4n) is 4.54. The van der Waals surface area contributed by atoms with E-state index in [9.17, 15) is 14.4 Å². The molecular weight excluding hydrogens is 632 g/mol. The van der Waals surface area contributed by atoms with Gasteiger partial charge in [0.1, 0.15) is 18.9 Å². The van der Waals surface area contributed by atoms with Crippen molar-refractivity contribution >= 4 is 67.3 Å². The summed E-state index contributed by atoms with van der Waals surface area (Å²) in [7, 11) is 0. The molecule has 0 saturated carbocycles. The highest BCUT2D eigenvalue weighted by atomic mass is 79.9. The summed E-state index contributed by atoms with van der Waals surface area (Å²) in [6.45, 7) is 4.64. The Balaban J connectivity index is 1.29. The smallest absolute Gasteiger partial charge is 0.294 e. The molecule has 0 spiro atoms. The Morgan fingerprint density at radius 2 is 1.63 bits per heavy atom. The van der Waals surface area contributed by atoms with Gasteiger partial charge in [-0.05, 0) is 90.0 Å². The summed E-state index contributed by atoms with van der Waals surface area (Å²) in [5, 5.41) is 4.43. The highest BCUT2D eigenvalue weighted by Gasteiger charge is 2.36. The molecule has 1 aliphatic heterocycles. The van der Waals surface area contributed by atoms with Crippen LogP contribution in [0.15, 0.2) is 88.2 Å². The van der Waals surface area contributed by atoms with Crippen molar-refractivity contribution in [2.24, 2.45) is 0 Å². The molecular formula is C33H29BrN2O6S. The Bertz CT molecular complexity index is 1700. The number of nitrogens with zero attached hydrogens (tertiary/aromatic N) is 1. The van der Waals surface area contributed by atoms with Crippen molar-refractivity contribution in [2.75, 3.05) is 25.1 Å². The number of anilines is 1. The van der Waals surface area contributed by atoms with Crippen LogP contribution in [0.1, 0.15) is 25.0 Å². The highest BCUT2D eigenvalue weighted by Crippen LogP contribution is 2.38. The van der Waals surface area contributed by atoms with Crippen LogP contribution >= 0.6 is 27.7 Å². The van der Waals surface area contributed by atoms with Gasteiger partial charge in [0.25, 0.3) is 11.1 Å². The molecule has 0 unspecified atom stereocenters. The van der Waals surface area contributed by atoms with Gasteiger partial charge in [0, 0.05) is 10.2 Å². The minimum Gasteiger partial charge on any atom is -0.494 e. The first kappa shape index (κ1) is 30.2. The molecule has 1 heterocycles. The van der Waals surface area contributed by atoms with Crippen LogP contribution in [0.2, 0.25) is 0 Å². The van der Waals surface area contributed by atoms with Crippen molar-refractivity contribution in [1.82, 2.24) is 4.90 Å². The Morgan fingerprint density at radius 3 is 2.40 bits per heavy atom. The molecule has 4 aromatic carbocycles. The molecule has 220 valence electrons. The Morgan fingerprint density at radius 1 is 0.907 bits per heavy atom. The van der Waals surface area contributed by atoms with E-state index in [2.05, 4.69) is 39.4 Å². The number of rotatable bonds is 11. The monoisotopic (exact) mass is 660 g/mol. The summed E-state index contributed by atoms with van der Waals surface area (Å²) in [5.41, 5.74) is 2.21. The highest BCUT2D eigenvalue weighted by molar-refractivity contribution is 9.10. The number of ether oxygens (including phenoxy) is 3. The molecule has 1 N–H and O–H groups in total. The van der Waals surface area contributed by atoms with E-state index in [1.807, 2.05) is 38.1 Å². The number of carbonyl (C=O) groups excluding carboxylic acids is 3. The van der Waals surface area contributed by atoms with Gasteiger partial charge in [-0.15, -0.1) is 0 Å². The van der Waals surface area contributed by atoms with Crippen LogP contribution < -0.4 is 19.5 Å². The predicted molar refractivity (Wildman–Crippen MR) is 173 cm³/mol. The number of amides is 3. The summed E-state index contributed by atoms with van der Waals surface area (Å²) in [5.74, 6) is 0.696. The number of hydrogen-bond donors (Lipinski definition) is 1. The molecule has 0 radical (unpaired) electrons. The minimum absolute atomic E-state index is 0.200. The second-order valence-corrected chi connectivity index (χ2v) is 11.3. The summed E-state index contributed by atoms with van der Waals surface area (Å²) in [4.78, 5) is 39.6. The zero-order chi connectivity index (χ0) is 30.3. The Kier molecular flexibility index (Phi) is 9.68. The maximum atomic E-state index is 13.1. The zero-order valence-corrected chi connectivity index (χ0v) is 26.0. The van der Waals surface area contributed by atoms with Crippen molar-refractivity contribution in [3.8, 4) is 17.2 Å². The SMILES string of the molecule is CCOc1ccc(NC(=O)CN2C(=O)S/C(=C/c3cc(OCC)c(OCc4cccc5ccccc45)cc3Br)C2=O)cc1. The largest absolute Gasteiger partial charge is 0.494 e. The van der Waals surface area contributed by atoms with Gasteiger partial charge in [0.15, 0.2) is 11.5 Å². The van der Waals surface area contributed by atoms with Crippen LogP contribution in [0.4, 0.5) is 10.5 Å². The van der Waals surface area contributed by atoms with Crippen molar-refractivity contribution < 1.29 is 28.6 Å². The number of thioether (sulfide) groups is 1. The van der Waals surface area contributed by atoms with E-state index in [1.54, 1.807) is 42.5 Å². The lowest BCUT2D eigenvalue weighted by Crippen LogP contribution is -2.36. The van der Waals surface area contributed by atoms with Crippen molar-refractivity contribution in [3.05, 3.63) is 99.4 Å². The van der Waals surface area contributed by atoms with Crippen LogP contribution in [-0.4, -0.2) is 41.7 Å². The molecule has 8 nitrogen and oxygen atoms in total. The van der Waals surface area contributed by atoms with Crippen LogP contribution in [0.5, 0.6) is 17.2 Å². The number of benzene rings is 4. The van der Waals surface area contributed by atoms with Gasteiger partial charge >= 0.3 is 0 Å². The van der Waals surface area contributed by atoms with Crippen molar-refractivity contribution in [2.45, 2.75) is 20.5 Å². The molecule has 3 amide bonds. The zero-order valence-electron chi connectivity index (χ0n) is 23.6. The average molecular weight is 662 g/mol. The molecule has 43 heavy (non-hydrogen) atoms. The topological polar surface area (TPSA) is 94.2 Å². The van der Waals surface area contributed by atoms with Gasteiger partial charge in [0.05, 0.1) is 18.1 Å². The Labute approximate surface area is 262 Å². The molecule has 0 aromatic heterocycles. The van der Waals surface area contributed by atoms with Crippen molar-refractivity contribution in [1.29, 1.82) is 0 Å². The van der Waals surface area contributed by atoms with Gasteiger partial charge in [-0.3, -0.25) is 19.3 Å². The average Bonchev–Trinajstić information content (AvgIpc) is 3.26. The van der Waals surface area contributed by atoms with E-state index in [0.29, 0.717) is 52.8 Å². The number of carbonyl (C=O) groups is 3. The molecule has 1 fully saturated rings. The van der Waals surface area contributed by atoms with Gasteiger partial charge < -0.3 is 19.5 Å². The lowest BCUT2D eigenvalue weighted by atomic mass is 10.1. The van der Waals surface area contributed by atoms with E-state index in [4.69, 9.17) is 14.2 Å². The molecule has 0 bridgehead atoms. The minimum atomic E-state index is -0.544. The maximum Gasteiger partial charge on any atom is 0.294 e. The molecule has 10 heteroatoms. The number of nitrogens with one attached hydrogen (secondary N) is 1. The van der Waals surface area contributed by atoms with Gasteiger partial charge in [-0.2, -0.15) is 0 Å². The second kappa shape index (κ2) is 13.8. The summed E-state index contributed by atoms with van der Waals surface area (Å²) in [6, 6.07) is 24.6. The molecule has 0 aliphatic carbocycles. The summed E-state index contributed by atoms with van der Waals surface area (Å²) < 4.78 is 18.1. The lowest BCUT2D eigenvalue weighted by Gasteiger charge is -2.15. The Hall–Kier alpha value is -4.28. The van der Waals surface area contributed by atoms with E-state index in [-0.39, 0.29) is 4.91 Å². The molecule has 1 aliphatic rings. The van der Waals surface area contributed by atoms with Gasteiger partial charge in [-0.25, -0.2) is 0 Å². The number of fused-ring (bicyclic) bond motifs is 1. The van der Waals surface area contributed by atoms with Crippen LogP contribution in [0.3, 0.4) is 0 Å². The van der Waals surface area contributed by atoms with Crippen LogP contribution in [-0.2, 0) is 16.2 Å². The van der Waals surface area contributed by atoms with Crippen LogP contribution in [0, 0.1) is 0 Å². The first-order valence-electron chi connectivity index (χ1n) is 13.7. The van der Waals surface area contributed by atoms with Crippen LogP contribution in [0.25, 0.3) is 16.8 Å². The number of imide groups is 1. The van der Waals surface area contributed by atoms with Gasteiger partial charge in [-0.1, -0.05) is 58.4 Å². The second-order valence-electron chi connectivity index (χ2n) is 9.45. The molecule has 0 atom stereocenters. The third kappa shape index (κ3) is 7.21. The maximum absolute atomic E-state index is 13.1. The summed E-state index contributed by atoms with van der Waals surface area (Å²) in [6.07, 6.45) is 1.61. The first-order chi connectivity index (χ1) is 20.9. The molecule has 1 saturated heterocycles.